The third-order valence-corrected chi connectivity index (χ3v) is 5.30. The average Bonchev–Trinajstić information content (AvgIpc) is 3.35. The van der Waals surface area contributed by atoms with Gasteiger partial charge in [-0.3, -0.25) is 4.90 Å². The van der Waals surface area contributed by atoms with Crippen molar-refractivity contribution in [3.63, 3.8) is 0 Å². The predicted octanol–water partition coefficient (Wildman–Crippen LogP) is 2.87. The number of hydrogen-bond donors (Lipinski definition) is 0. The topological polar surface area (TPSA) is 76.4 Å². The van der Waals surface area contributed by atoms with Gasteiger partial charge in [0.25, 0.3) is 0 Å². The molecule has 8 nitrogen and oxygen atoms in total. The van der Waals surface area contributed by atoms with Crippen molar-refractivity contribution in [2.75, 3.05) is 13.1 Å². The van der Waals surface area contributed by atoms with E-state index in [-0.39, 0.29) is 18.2 Å². The summed E-state index contributed by atoms with van der Waals surface area (Å²) >= 11 is 0. The molecule has 3 heterocycles. The number of amides is 1. The van der Waals surface area contributed by atoms with Crippen LogP contribution in [0.25, 0.3) is 5.69 Å². The molecule has 162 valence electrons. The molecule has 11 heteroatoms. The maximum absolute atomic E-state index is 12.8. The molecule has 0 radical (unpaired) electrons. The van der Waals surface area contributed by atoms with Gasteiger partial charge in [-0.1, -0.05) is 0 Å². The van der Waals surface area contributed by atoms with Gasteiger partial charge in [-0.15, -0.1) is 5.10 Å². The number of ether oxygens (including phenoxy) is 1. The Bertz CT molecular complexity index is 922. The maximum atomic E-state index is 12.8. The molecule has 2 bridgehead atoms. The molecule has 2 aliphatic rings. The first-order valence-electron chi connectivity index (χ1n) is 9.70. The van der Waals surface area contributed by atoms with Crippen molar-refractivity contribution < 1.29 is 22.7 Å². The summed E-state index contributed by atoms with van der Waals surface area (Å²) < 4.78 is 45.3. The molecule has 2 atom stereocenters. The summed E-state index contributed by atoms with van der Waals surface area (Å²) in [6.07, 6.45) is -3.85. The molecule has 2 aliphatic heterocycles. The van der Waals surface area contributed by atoms with Crippen LogP contribution in [0.1, 0.15) is 38.6 Å². The fourth-order valence-corrected chi connectivity index (χ4v) is 3.97. The highest BCUT2D eigenvalue weighted by atomic mass is 19.4. The van der Waals surface area contributed by atoms with Gasteiger partial charge in [-0.05, 0) is 61.9 Å². The zero-order valence-corrected chi connectivity index (χ0v) is 16.9. The number of carbonyl (C=O) groups excluding carboxylic acids is 1. The quantitative estimate of drug-likeness (QED) is 0.754. The van der Waals surface area contributed by atoms with Crippen LogP contribution in [0.15, 0.2) is 24.3 Å². The predicted molar refractivity (Wildman–Crippen MR) is 99.7 cm³/mol. The van der Waals surface area contributed by atoms with Crippen LogP contribution in [0.5, 0.6) is 0 Å². The highest BCUT2D eigenvalue weighted by Crippen LogP contribution is 2.33. The van der Waals surface area contributed by atoms with Gasteiger partial charge >= 0.3 is 12.3 Å². The fraction of sp³-hybridized carbons (Fsp3) is 0.579. The number of tetrazole rings is 1. The lowest BCUT2D eigenvalue weighted by molar-refractivity contribution is -0.137. The van der Waals surface area contributed by atoms with Crippen LogP contribution in [0, 0.1) is 0 Å². The SMILES string of the molecule is CC(C)(C)OC(=O)N1CC2CC1CN2Cc1nnnn1-c1ccc(C(F)(F)F)cc1. The summed E-state index contributed by atoms with van der Waals surface area (Å²) in [4.78, 5) is 16.3. The minimum atomic E-state index is -4.39. The number of likely N-dealkylation sites (tertiary alicyclic amines) is 2. The van der Waals surface area contributed by atoms with Gasteiger partial charge in [0, 0.05) is 25.2 Å². The van der Waals surface area contributed by atoms with Gasteiger partial charge in [0.2, 0.25) is 0 Å². The zero-order valence-electron chi connectivity index (χ0n) is 16.9. The van der Waals surface area contributed by atoms with E-state index in [2.05, 4.69) is 20.4 Å². The van der Waals surface area contributed by atoms with E-state index in [0.717, 1.165) is 18.6 Å². The van der Waals surface area contributed by atoms with Crippen LogP contribution in [0.2, 0.25) is 0 Å². The monoisotopic (exact) mass is 424 g/mol. The van der Waals surface area contributed by atoms with Crippen LogP contribution in [-0.4, -0.2) is 66.9 Å². The summed E-state index contributed by atoms with van der Waals surface area (Å²) in [5, 5.41) is 11.7. The second-order valence-electron chi connectivity index (χ2n) is 8.66. The number of fused-ring (bicyclic) bond motifs is 2. The van der Waals surface area contributed by atoms with E-state index in [1.807, 2.05) is 20.8 Å². The van der Waals surface area contributed by atoms with Crippen LogP contribution >= 0.6 is 0 Å². The first-order valence-corrected chi connectivity index (χ1v) is 9.70. The Morgan fingerprint density at radius 3 is 2.40 bits per heavy atom. The van der Waals surface area contributed by atoms with E-state index in [1.165, 1.54) is 16.8 Å². The Morgan fingerprint density at radius 2 is 1.83 bits per heavy atom. The fourth-order valence-electron chi connectivity index (χ4n) is 3.97. The molecule has 2 unspecified atom stereocenters. The Hall–Kier alpha value is -2.69. The van der Waals surface area contributed by atoms with Gasteiger partial charge in [-0.2, -0.15) is 17.9 Å². The number of carbonyl (C=O) groups is 1. The lowest BCUT2D eigenvalue weighted by Crippen LogP contribution is -2.49. The van der Waals surface area contributed by atoms with E-state index in [9.17, 15) is 18.0 Å². The molecule has 2 saturated heterocycles. The summed E-state index contributed by atoms with van der Waals surface area (Å²) in [7, 11) is 0. The summed E-state index contributed by atoms with van der Waals surface area (Å²) in [6.45, 7) is 7.20. The number of piperazine rings is 1. The van der Waals surface area contributed by atoms with Gasteiger partial charge < -0.3 is 9.64 Å². The number of halogens is 3. The number of nitrogens with zero attached hydrogens (tertiary/aromatic N) is 6. The normalized spacial score (nSPS) is 22.0. The molecule has 0 aliphatic carbocycles. The number of benzene rings is 1. The largest absolute Gasteiger partial charge is 0.444 e. The molecule has 30 heavy (non-hydrogen) atoms. The highest BCUT2D eigenvalue weighted by molar-refractivity contribution is 5.69. The first kappa shape index (κ1) is 20.6. The molecule has 1 amide bonds. The molecular weight excluding hydrogens is 401 g/mol. The van der Waals surface area contributed by atoms with E-state index < -0.39 is 17.3 Å². The lowest BCUT2D eigenvalue weighted by atomic mass is 10.2. The highest BCUT2D eigenvalue weighted by Gasteiger charge is 2.46. The van der Waals surface area contributed by atoms with Crippen molar-refractivity contribution in [2.45, 2.75) is 57.6 Å². The van der Waals surface area contributed by atoms with Crippen LogP contribution in [-0.2, 0) is 17.5 Å². The maximum Gasteiger partial charge on any atom is 0.416 e. The van der Waals surface area contributed by atoms with E-state index in [4.69, 9.17) is 4.74 Å². The average molecular weight is 424 g/mol. The molecule has 0 spiro atoms. The van der Waals surface area contributed by atoms with E-state index >= 15 is 0 Å². The minimum absolute atomic E-state index is 0.0697. The van der Waals surface area contributed by atoms with Gasteiger partial charge in [0.15, 0.2) is 5.82 Å². The molecule has 2 aromatic rings. The molecule has 1 aromatic carbocycles. The second-order valence-corrected chi connectivity index (χ2v) is 8.66. The van der Waals surface area contributed by atoms with E-state index in [0.29, 0.717) is 31.1 Å². The smallest absolute Gasteiger partial charge is 0.416 e. The van der Waals surface area contributed by atoms with Crippen molar-refractivity contribution in [3.8, 4) is 5.69 Å². The van der Waals surface area contributed by atoms with Crippen LogP contribution in [0.3, 0.4) is 0 Å². The van der Waals surface area contributed by atoms with E-state index in [1.54, 1.807) is 4.90 Å². The van der Waals surface area contributed by atoms with Crippen molar-refractivity contribution >= 4 is 6.09 Å². The molecule has 0 saturated carbocycles. The van der Waals surface area contributed by atoms with Crippen LogP contribution < -0.4 is 0 Å². The number of rotatable bonds is 3. The van der Waals surface area contributed by atoms with Crippen LogP contribution in [0.4, 0.5) is 18.0 Å². The third kappa shape index (κ3) is 4.11. The number of aromatic nitrogens is 4. The Kier molecular flexibility index (Phi) is 4.95. The summed E-state index contributed by atoms with van der Waals surface area (Å²) in [5.74, 6) is 0.533. The minimum Gasteiger partial charge on any atom is -0.444 e. The molecule has 0 N–H and O–H groups in total. The molecule has 2 fully saturated rings. The number of hydrogen-bond acceptors (Lipinski definition) is 6. The second kappa shape index (κ2) is 7.22. The summed E-state index contributed by atoms with van der Waals surface area (Å²) in [6, 6.07) is 4.96. The molecular formula is C19H23F3N6O2. The summed E-state index contributed by atoms with van der Waals surface area (Å²) in [5.41, 5.74) is -0.801. The standard InChI is InChI=1S/C19H23F3N6O2/c1-18(2,3)30-17(29)27-10-14-8-15(27)9-26(14)11-16-23-24-25-28(16)13-6-4-12(5-7-13)19(20,21)22/h4-7,14-15H,8-11H2,1-3H3. The Balaban J connectivity index is 1.42. The zero-order chi connectivity index (χ0) is 21.7. The number of alkyl halides is 3. The van der Waals surface area contributed by atoms with Gasteiger partial charge in [-0.25, -0.2) is 4.79 Å². The van der Waals surface area contributed by atoms with Crippen molar-refractivity contribution in [1.29, 1.82) is 0 Å². The third-order valence-electron chi connectivity index (χ3n) is 5.30. The lowest BCUT2D eigenvalue weighted by Gasteiger charge is -2.34. The molecule has 4 rings (SSSR count). The first-order chi connectivity index (χ1) is 14.0. The molecule has 1 aromatic heterocycles. The van der Waals surface area contributed by atoms with Crippen molar-refractivity contribution in [1.82, 2.24) is 30.0 Å². The Labute approximate surface area is 171 Å². The Morgan fingerprint density at radius 1 is 1.13 bits per heavy atom. The van der Waals surface area contributed by atoms with Gasteiger partial charge in [0.05, 0.1) is 17.8 Å². The van der Waals surface area contributed by atoms with Gasteiger partial charge in [0.1, 0.15) is 5.60 Å². The van der Waals surface area contributed by atoms with Crippen molar-refractivity contribution in [2.24, 2.45) is 0 Å². The van der Waals surface area contributed by atoms with Crippen molar-refractivity contribution in [3.05, 3.63) is 35.7 Å².